The van der Waals surface area contributed by atoms with Gasteiger partial charge in [-0.15, -0.1) is 0 Å². The van der Waals surface area contributed by atoms with Crippen molar-refractivity contribution in [3.05, 3.63) is 17.5 Å². The van der Waals surface area contributed by atoms with Crippen LogP contribution in [0.5, 0.6) is 0 Å². The third-order valence-electron chi connectivity index (χ3n) is 3.26. The molecule has 16 heavy (non-hydrogen) atoms. The normalized spacial score (nSPS) is 18.2. The molecule has 2 rings (SSSR count). The van der Waals surface area contributed by atoms with Gasteiger partial charge in [0, 0.05) is 12.1 Å². The maximum Gasteiger partial charge on any atom is 0.280 e. The summed E-state index contributed by atoms with van der Waals surface area (Å²) in [7, 11) is 0. The Labute approximate surface area is 93.6 Å². The van der Waals surface area contributed by atoms with Crippen molar-refractivity contribution in [2.75, 3.05) is 0 Å². The van der Waals surface area contributed by atoms with Crippen LogP contribution in [0.4, 0.5) is 8.78 Å². The summed E-state index contributed by atoms with van der Waals surface area (Å²) in [5.74, 6) is 0. The Kier molecular flexibility index (Phi) is 3.53. The van der Waals surface area contributed by atoms with Gasteiger partial charge in [0.2, 0.25) is 0 Å². The first-order valence-electron chi connectivity index (χ1n) is 5.78. The van der Waals surface area contributed by atoms with E-state index in [1.54, 1.807) is 0 Å². The van der Waals surface area contributed by atoms with E-state index in [2.05, 4.69) is 5.10 Å². The average Bonchev–Trinajstić information content (AvgIpc) is 2.73. The number of nitrogens with two attached hydrogens (primary N) is 1. The fraction of sp³-hybridized carbons (Fsp3) is 0.727. The SMILES string of the molecule is NCc1cnn(C2CCCCC2)c1C(F)F. The molecule has 0 atom stereocenters. The van der Waals surface area contributed by atoms with Crippen molar-refractivity contribution in [1.82, 2.24) is 9.78 Å². The Balaban J connectivity index is 2.28. The first-order chi connectivity index (χ1) is 7.74. The van der Waals surface area contributed by atoms with Crippen LogP contribution in [0.3, 0.4) is 0 Å². The Morgan fingerprint density at radius 2 is 2.06 bits per heavy atom. The van der Waals surface area contributed by atoms with E-state index in [4.69, 9.17) is 5.73 Å². The van der Waals surface area contributed by atoms with E-state index in [0.29, 0.717) is 5.56 Å². The minimum Gasteiger partial charge on any atom is -0.326 e. The van der Waals surface area contributed by atoms with E-state index in [0.717, 1.165) is 25.7 Å². The zero-order valence-electron chi connectivity index (χ0n) is 9.20. The van der Waals surface area contributed by atoms with Gasteiger partial charge in [-0.25, -0.2) is 8.78 Å². The Morgan fingerprint density at radius 1 is 1.38 bits per heavy atom. The molecule has 2 N–H and O–H groups in total. The van der Waals surface area contributed by atoms with E-state index in [-0.39, 0.29) is 18.3 Å². The Hall–Kier alpha value is -0.970. The highest BCUT2D eigenvalue weighted by Gasteiger charge is 2.25. The first kappa shape index (κ1) is 11.5. The predicted octanol–water partition coefficient (Wildman–Crippen LogP) is 2.78. The largest absolute Gasteiger partial charge is 0.326 e. The van der Waals surface area contributed by atoms with Crippen LogP contribution >= 0.6 is 0 Å². The second kappa shape index (κ2) is 4.91. The van der Waals surface area contributed by atoms with Gasteiger partial charge in [-0.3, -0.25) is 4.68 Å². The fourth-order valence-corrected chi connectivity index (χ4v) is 2.42. The standard InChI is InChI=1S/C11H17F2N3/c12-11(13)10-8(6-14)7-15-16(10)9-4-2-1-3-5-9/h7,9,11H,1-6,14H2. The van der Waals surface area contributed by atoms with Gasteiger partial charge in [0.15, 0.2) is 0 Å². The van der Waals surface area contributed by atoms with Crippen LogP contribution in [0.15, 0.2) is 6.20 Å². The zero-order chi connectivity index (χ0) is 11.5. The fourth-order valence-electron chi connectivity index (χ4n) is 2.42. The molecule has 1 fully saturated rings. The van der Waals surface area contributed by atoms with Crippen molar-refractivity contribution in [3.63, 3.8) is 0 Å². The van der Waals surface area contributed by atoms with E-state index in [1.165, 1.54) is 17.3 Å². The zero-order valence-corrected chi connectivity index (χ0v) is 9.20. The molecule has 3 nitrogen and oxygen atoms in total. The maximum absolute atomic E-state index is 12.9. The summed E-state index contributed by atoms with van der Waals surface area (Å²) >= 11 is 0. The molecule has 1 aromatic rings. The van der Waals surface area contributed by atoms with Crippen LogP contribution in [-0.4, -0.2) is 9.78 Å². The third-order valence-corrected chi connectivity index (χ3v) is 3.26. The van der Waals surface area contributed by atoms with E-state index >= 15 is 0 Å². The molecule has 0 bridgehead atoms. The number of alkyl halides is 2. The molecule has 0 aliphatic heterocycles. The summed E-state index contributed by atoms with van der Waals surface area (Å²) in [6, 6.07) is 0.137. The van der Waals surface area contributed by atoms with Gasteiger partial charge >= 0.3 is 0 Å². The smallest absolute Gasteiger partial charge is 0.280 e. The molecular weight excluding hydrogens is 212 g/mol. The lowest BCUT2D eigenvalue weighted by Gasteiger charge is -2.24. The van der Waals surface area contributed by atoms with Crippen molar-refractivity contribution in [2.45, 2.75) is 51.1 Å². The monoisotopic (exact) mass is 229 g/mol. The van der Waals surface area contributed by atoms with Gasteiger partial charge < -0.3 is 5.73 Å². The maximum atomic E-state index is 12.9. The molecule has 0 radical (unpaired) electrons. The van der Waals surface area contributed by atoms with Gasteiger partial charge in [0.25, 0.3) is 6.43 Å². The molecule has 1 aliphatic carbocycles. The van der Waals surface area contributed by atoms with Crippen LogP contribution in [0, 0.1) is 0 Å². The first-order valence-corrected chi connectivity index (χ1v) is 5.78. The molecule has 0 spiro atoms. The lowest BCUT2D eigenvalue weighted by Crippen LogP contribution is -2.17. The van der Waals surface area contributed by atoms with Crippen molar-refractivity contribution in [2.24, 2.45) is 5.73 Å². The number of aromatic nitrogens is 2. The second-order valence-corrected chi connectivity index (χ2v) is 4.30. The molecule has 90 valence electrons. The third kappa shape index (κ3) is 2.09. The van der Waals surface area contributed by atoms with E-state index < -0.39 is 6.43 Å². The molecule has 1 aliphatic rings. The number of halogens is 2. The Morgan fingerprint density at radius 3 is 2.62 bits per heavy atom. The summed E-state index contributed by atoms with van der Waals surface area (Å²) in [4.78, 5) is 0. The lowest BCUT2D eigenvalue weighted by atomic mass is 9.95. The summed E-state index contributed by atoms with van der Waals surface area (Å²) in [6.45, 7) is 0.131. The molecule has 1 aromatic heterocycles. The Bertz CT molecular complexity index is 343. The molecule has 0 amide bonds. The molecule has 5 heteroatoms. The van der Waals surface area contributed by atoms with Crippen molar-refractivity contribution >= 4 is 0 Å². The average molecular weight is 229 g/mol. The van der Waals surface area contributed by atoms with Crippen molar-refractivity contribution < 1.29 is 8.78 Å². The molecule has 0 unspecified atom stereocenters. The van der Waals surface area contributed by atoms with Gasteiger partial charge in [0.05, 0.1) is 12.2 Å². The van der Waals surface area contributed by atoms with Crippen molar-refractivity contribution in [3.8, 4) is 0 Å². The second-order valence-electron chi connectivity index (χ2n) is 4.30. The summed E-state index contributed by atoms with van der Waals surface area (Å²) in [5, 5.41) is 4.09. The topological polar surface area (TPSA) is 43.8 Å². The van der Waals surface area contributed by atoms with Gasteiger partial charge in [-0.1, -0.05) is 19.3 Å². The highest BCUT2D eigenvalue weighted by Crippen LogP contribution is 2.32. The number of hydrogen-bond donors (Lipinski definition) is 1. The summed E-state index contributed by atoms with van der Waals surface area (Å²) in [5.41, 5.74) is 5.94. The number of hydrogen-bond acceptors (Lipinski definition) is 2. The minimum atomic E-state index is -2.48. The van der Waals surface area contributed by atoms with Gasteiger partial charge in [-0.05, 0) is 12.8 Å². The van der Waals surface area contributed by atoms with Gasteiger partial charge in [0.1, 0.15) is 5.69 Å². The van der Waals surface area contributed by atoms with E-state index in [9.17, 15) is 8.78 Å². The minimum absolute atomic E-state index is 0.0226. The van der Waals surface area contributed by atoms with Crippen LogP contribution < -0.4 is 5.73 Å². The van der Waals surface area contributed by atoms with E-state index in [1.807, 2.05) is 0 Å². The van der Waals surface area contributed by atoms with Crippen LogP contribution in [0.25, 0.3) is 0 Å². The molecule has 1 saturated carbocycles. The predicted molar refractivity (Wildman–Crippen MR) is 57.2 cm³/mol. The highest BCUT2D eigenvalue weighted by molar-refractivity contribution is 5.19. The molecule has 0 aromatic carbocycles. The highest BCUT2D eigenvalue weighted by atomic mass is 19.3. The lowest BCUT2D eigenvalue weighted by molar-refractivity contribution is 0.131. The molecule has 1 heterocycles. The number of rotatable bonds is 3. The van der Waals surface area contributed by atoms with Gasteiger partial charge in [-0.2, -0.15) is 5.10 Å². The summed E-state index contributed by atoms with van der Waals surface area (Å²) < 4.78 is 27.4. The van der Waals surface area contributed by atoms with Crippen molar-refractivity contribution in [1.29, 1.82) is 0 Å². The summed E-state index contributed by atoms with van der Waals surface area (Å²) in [6.07, 6.45) is 4.30. The molecular formula is C11H17F2N3. The van der Waals surface area contributed by atoms with Crippen LogP contribution in [0.2, 0.25) is 0 Å². The van der Waals surface area contributed by atoms with Crippen LogP contribution in [0.1, 0.15) is 55.8 Å². The molecule has 0 saturated heterocycles. The quantitative estimate of drug-likeness (QED) is 0.866. The van der Waals surface area contributed by atoms with Crippen LogP contribution in [-0.2, 0) is 6.54 Å². The number of nitrogens with zero attached hydrogens (tertiary/aromatic N) is 2.